The lowest BCUT2D eigenvalue weighted by molar-refractivity contribution is 0.306. The summed E-state index contributed by atoms with van der Waals surface area (Å²) < 4.78 is 31.1. The summed E-state index contributed by atoms with van der Waals surface area (Å²) in [5.41, 5.74) is 10.9. The fourth-order valence-corrected chi connectivity index (χ4v) is 5.84. The van der Waals surface area contributed by atoms with Gasteiger partial charge in [-0.25, -0.2) is 8.42 Å². The van der Waals surface area contributed by atoms with Gasteiger partial charge >= 0.3 is 0 Å². The van der Waals surface area contributed by atoms with Crippen LogP contribution in [0.25, 0.3) is 21.2 Å². The summed E-state index contributed by atoms with van der Waals surface area (Å²) in [4.78, 5) is 0.331. The zero-order chi connectivity index (χ0) is 26.6. The van der Waals surface area contributed by atoms with Gasteiger partial charge in [-0.2, -0.15) is 18.6 Å². The minimum Gasteiger partial charge on any atom is -0.489 e. The van der Waals surface area contributed by atoms with Gasteiger partial charge in [0.05, 0.1) is 10.8 Å². The van der Waals surface area contributed by atoms with Crippen LogP contribution in [0.2, 0.25) is 0 Å². The number of nitrogens with zero attached hydrogens (tertiary/aromatic N) is 1. The molecule has 6 nitrogen and oxygen atoms in total. The molecule has 4 N–H and O–H groups in total. The molecule has 0 spiro atoms. The first kappa shape index (κ1) is 29.1. The van der Waals surface area contributed by atoms with Crippen molar-refractivity contribution in [3.8, 4) is 28.7 Å². The van der Waals surface area contributed by atoms with E-state index in [4.69, 9.17) is 16.3 Å². The minimum atomic E-state index is -3.25. The molecule has 9 heteroatoms. The average molecular weight is 568 g/mol. The molecular formula is C29H33N3O3S3. The van der Waals surface area contributed by atoms with E-state index in [9.17, 15) is 8.42 Å². The number of hydrazone groups is 1. The Bertz CT molecular complexity index is 1640. The van der Waals surface area contributed by atoms with Crippen LogP contribution in [-0.4, -0.2) is 20.5 Å². The predicted molar refractivity (Wildman–Crippen MR) is 165 cm³/mol. The summed E-state index contributed by atoms with van der Waals surface area (Å²) in [7, 11) is -3.25. The van der Waals surface area contributed by atoms with Gasteiger partial charge in [0.15, 0.2) is 9.84 Å². The standard InChI is InChI=1S/C29H29N3O3S2.H2S.H2/c1-4-5-22(16-29(30)32-31)21-7-9-23(10-8-21)35-17-20-6-13-28-26(15-20)27(18-36-28)25-12-11-24(14-19(25)2)37(3,33)34;;/h6-15,18,22H,16-17,31H2,1-3H3,(H2,30,32);1H2;1H/t22-;;/m0../s1. The van der Waals surface area contributed by atoms with Gasteiger partial charge in [-0.3, -0.25) is 0 Å². The van der Waals surface area contributed by atoms with E-state index in [1.54, 1.807) is 30.4 Å². The number of hydrogen-bond acceptors (Lipinski definition) is 6. The van der Waals surface area contributed by atoms with E-state index in [-0.39, 0.29) is 20.8 Å². The van der Waals surface area contributed by atoms with Gasteiger partial charge in [0, 0.05) is 29.8 Å². The van der Waals surface area contributed by atoms with Gasteiger partial charge in [0.2, 0.25) is 0 Å². The molecule has 0 aliphatic rings. The predicted octanol–water partition coefficient (Wildman–Crippen LogP) is 5.95. The molecule has 3 aromatic carbocycles. The Balaban J connectivity index is 0.00000267. The Kier molecular flexibility index (Phi) is 9.50. The molecule has 0 bridgehead atoms. The van der Waals surface area contributed by atoms with Crippen molar-refractivity contribution in [2.75, 3.05) is 6.26 Å². The number of hydrogen-bond donors (Lipinski definition) is 2. The maximum Gasteiger partial charge on any atom is 0.175 e. The first-order valence-corrected chi connectivity index (χ1v) is 14.4. The van der Waals surface area contributed by atoms with Crippen molar-refractivity contribution in [1.82, 2.24) is 0 Å². The van der Waals surface area contributed by atoms with Crippen LogP contribution in [-0.2, 0) is 16.4 Å². The molecule has 38 heavy (non-hydrogen) atoms. The van der Waals surface area contributed by atoms with E-state index in [1.165, 1.54) is 6.26 Å². The molecule has 0 unspecified atom stereocenters. The number of rotatable bonds is 8. The highest BCUT2D eigenvalue weighted by Crippen LogP contribution is 2.37. The van der Waals surface area contributed by atoms with Gasteiger partial charge in [-0.05, 0) is 77.9 Å². The second kappa shape index (κ2) is 12.4. The van der Waals surface area contributed by atoms with Crippen molar-refractivity contribution >= 4 is 50.6 Å². The second-order valence-corrected chi connectivity index (χ2v) is 11.8. The van der Waals surface area contributed by atoms with E-state index < -0.39 is 9.84 Å². The number of benzene rings is 3. The highest BCUT2D eigenvalue weighted by Gasteiger charge is 2.14. The Morgan fingerprint density at radius 1 is 1.11 bits per heavy atom. The van der Waals surface area contributed by atoms with Crippen LogP contribution >= 0.6 is 24.8 Å². The largest absolute Gasteiger partial charge is 0.489 e. The van der Waals surface area contributed by atoms with Gasteiger partial charge in [0.1, 0.15) is 18.2 Å². The van der Waals surface area contributed by atoms with Crippen LogP contribution in [0.3, 0.4) is 0 Å². The molecule has 0 fully saturated rings. The zero-order valence-electron chi connectivity index (χ0n) is 21.5. The van der Waals surface area contributed by atoms with Crippen LogP contribution in [0.5, 0.6) is 5.75 Å². The van der Waals surface area contributed by atoms with Gasteiger partial charge < -0.3 is 16.3 Å². The number of nitrogens with two attached hydrogens (primary N) is 2. The monoisotopic (exact) mass is 567 g/mol. The van der Waals surface area contributed by atoms with Gasteiger partial charge in [-0.1, -0.05) is 30.2 Å². The van der Waals surface area contributed by atoms with Crippen LogP contribution in [0.4, 0.5) is 0 Å². The Morgan fingerprint density at radius 3 is 2.47 bits per heavy atom. The van der Waals surface area contributed by atoms with Crippen molar-refractivity contribution in [2.24, 2.45) is 16.7 Å². The molecule has 1 heterocycles. The second-order valence-electron chi connectivity index (χ2n) is 8.86. The van der Waals surface area contributed by atoms with Crippen molar-refractivity contribution in [2.45, 2.75) is 37.7 Å². The van der Waals surface area contributed by atoms with E-state index in [0.717, 1.165) is 43.7 Å². The lowest BCUT2D eigenvalue weighted by atomic mass is 9.95. The molecule has 0 saturated carbocycles. The Hall–Kier alpha value is -3.45. The molecule has 4 aromatic rings. The summed E-state index contributed by atoms with van der Waals surface area (Å²) in [6.45, 7) is 4.15. The van der Waals surface area contributed by atoms with E-state index in [1.807, 2.05) is 37.3 Å². The third kappa shape index (κ3) is 6.70. The van der Waals surface area contributed by atoms with Crippen molar-refractivity contribution in [3.05, 3.63) is 82.7 Å². The zero-order valence-corrected chi connectivity index (χ0v) is 24.1. The smallest absolute Gasteiger partial charge is 0.175 e. The topological polar surface area (TPSA) is 108 Å². The lowest BCUT2D eigenvalue weighted by Crippen LogP contribution is -2.17. The van der Waals surface area contributed by atoms with Crippen LogP contribution < -0.4 is 16.3 Å². The fraction of sp³-hybridized carbons (Fsp3) is 0.207. The summed E-state index contributed by atoms with van der Waals surface area (Å²) in [5, 5.41) is 6.80. The number of ether oxygens (including phenoxy) is 1. The summed E-state index contributed by atoms with van der Waals surface area (Å²) in [6, 6.07) is 19.4. The third-order valence-corrected chi connectivity index (χ3v) is 8.21. The maximum absolute atomic E-state index is 11.9. The number of amidine groups is 1. The summed E-state index contributed by atoms with van der Waals surface area (Å²) in [6.07, 6.45) is 1.70. The molecule has 1 aromatic heterocycles. The van der Waals surface area contributed by atoms with Gasteiger partial charge in [0.25, 0.3) is 0 Å². The highest BCUT2D eigenvalue weighted by atomic mass is 32.2. The van der Waals surface area contributed by atoms with E-state index in [2.05, 4.69) is 40.5 Å². The normalized spacial score (nSPS) is 12.3. The summed E-state index contributed by atoms with van der Waals surface area (Å²) in [5.74, 6) is 12.4. The first-order chi connectivity index (χ1) is 17.7. The molecule has 200 valence electrons. The maximum atomic E-state index is 11.9. The molecule has 0 aliphatic heterocycles. The third-order valence-electron chi connectivity index (χ3n) is 6.14. The molecule has 0 radical (unpaired) electrons. The number of thiophene rings is 1. The van der Waals surface area contributed by atoms with Crippen LogP contribution in [0, 0.1) is 18.8 Å². The minimum absolute atomic E-state index is 0. The number of sulfone groups is 1. The van der Waals surface area contributed by atoms with Crippen molar-refractivity contribution < 1.29 is 14.6 Å². The number of fused-ring (bicyclic) bond motifs is 1. The van der Waals surface area contributed by atoms with Crippen LogP contribution in [0.1, 0.15) is 37.4 Å². The van der Waals surface area contributed by atoms with Gasteiger partial charge in [-0.15, -0.1) is 17.3 Å². The fourth-order valence-electron chi connectivity index (χ4n) is 4.19. The molecule has 0 saturated heterocycles. The van der Waals surface area contributed by atoms with Crippen LogP contribution in [0.15, 0.2) is 76.0 Å². The quantitative estimate of drug-likeness (QED) is 0.0900. The molecule has 1 atom stereocenters. The van der Waals surface area contributed by atoms with Crippen molar-refractivity contribution in [3.63, 3.8) is 0 Å². The highest BCUT2D eigenvalue weighted by molar-refractivity contribution is 7.90. The van der Waals surface area contributed by atoms with Crippen molar-refractivity contribution in [1.29, 1.82) is 0 Å². The summed E-state index contributed by atoms with van der Waals surface area (Å²) >= 11 is 1.67. The number of aryl methyl sites for hydroxylation is 1. The molecule has 0 amide bonds. The van der Waals surface area contributed by atoms with E-state index in [0.29, 0.717) is 23.8 Å². The first-order valence-electron chi connectivity index (χ1n) is 11.7. The average Bonchev–Trinajstić information content (AvgIpc) is 3.30. The Labute approximate surface area is 236 Å². The lowest BCUT2D eigenvalue weighted by Gasteiger charge is -2.12. The molecule has 4 rings (SSSR count). The molecule has 0 aliphatic carbocycles. The molecular weight excluding hydrogens is 535 g/mol. The van der Waals surface area contributed by atoms with E-state index >= 15 is 0 Å². The SMILES string of the molecule is CC#C[C@@H](C/C(N)=N/N)c1ccc(OCc2ccc3scc(-c4ccc(S(C)(=O)=O)cc4C)c3c2)cc1.S.[HH]. The Morgan fingerprint density at radius 2 is 1.84 bits per heavy atom.